The Balaban J connectivity index is 2.88. The van der Waals surface area contributed by atoms with Crippen LogP contribution >= 0.6 is 10.7 Å². The first-order chi connectivity index (χ1) is 5.31. The second-order valence-electron chi connectivity index (χ2n) is 4.04. The molecule has 4 heteroatoms. The quantitative estimate of drug-likeness (QED) is 0.671. The summed E-state index contributed by atoms with van der Waals surface area (Å²) in [6.07, 6.45) is 1.47. The minimum atomic E-state index is -3.36. The molecular formula is C8H15ClO2S. The topological polar surface area (TPSA) is 34.1 Å². The summed E-state index contributed by atoms with van der Waals surface area (Å²) in [5.74, 6) is 0.543. The van der Waals surface area contributed by atoms with E-state index in [1.807, 2.05) is 20.8 Å². The predicted octanol–water partition coefficient (Wildman–Crippen LogP) is 2.38. The first-order valence-corrected chi connectivity index (χ1v) is 6.56. The van der Waals surface area contributed by atoms with E-state index in [0.29, 0.717) is 5.92 Å². The van der Waals surface area contributed by atoms with Crippen molar-refractivity contribution in [2.24, 2.45) is 11.8 Å². The van der Waals surface area contributed by atoms with E-state index >= 15 is 0 Å². The Hall–Kier alpha value is 0.240. The van der Waals surface area contributed by atoms with Crippen molar-refractivity contribution in [3.05, 3.63) is 0 Å². The van der Waals surface area contributed by atoms with E-state index < -0.39 is 13.8 Å². The summed E-state index contributed by atoms with van der Waals surface area (Å²) in [5.41, 5.74) is 0. The lowest BCUT2D eigenvalue weighted by atomic mass is 9.93. The molecule has 0 radical (unpaired) electrons. The van der Waals surface area contributed by atoms with E-state index in [-0.39, 0.29) is 5.92 Å². The van der Waals surface area contributed by atoms with Gasteiger partial charge in [-0.15, -0.1) is 0 Å². The van der Waals surface area contributed by atoms with Gasteiger partial charge in [-0.25, -0.2) is 8.42 Å². The summed E-state index contributed by atoms with van der Waals surface area (Å²) in [7, 11) is 2.04. The minimum absolute atomic E-state index is 0.167. The monoisotopic (exact) mass is 210 g/mol. The van der Waals surface area contributed by atoms with Gasteiger partial charge in [-0.2, -0.15) is 0 Å². The first-order valence-electron chi connectivity index (χ1n) is 4.25. The van der Waals surface area contributed by atoms with Crippen molar-refractivity contribution < 1.29 is 8.42 Å². The molecule has 1 saturated carbocycles. The molecule has 0 aromatic rings. The van der Waals surface area contributed by atoms with Crippen LogP contribution in [0.4, 0.5) is 0 Å². The van der Waals surface area contributed by atoms with Crippen LogP contribution in [-0.4, -0.2) is 13.2 Å². The van der Waals surface area contributed by atoms with E-state index in [9.17, 15) is 8.42 Å². The summed E-state index contributed by atoms with van der Waals surface area (Å²) >= 11 is 0. The van der Waals surface area contributed by atoms with Gasteiger partial charge in [0, 0.05) is 10.7 Å². The molecule has 0 aromatic heterocycles. The van der Waals surface area contributed by atoms with Gasteiger partial charge in [0.05, 0.1) is 4.75 Å². The lowest BCUT2D eigenvalue weighted by molar-refractivity contribution is 0.383. The lowest BCUT2D eigenvalue weighted by Crippen LogP contribution is -2.30. The van der Waals surface area contributed by atoms with Crippen LogP contribution in [0.5, 0.6) is 0 Å². The number of hydrogen-bond donors (Lipinski definition) is 0. The van der Waals surface area contributed by atoms with Crippen LogP contribution in [0.1, 0.15) is 33.6 Å². The van der Waals surface area contributed by atoms with Crippen molar-refractivity contribution >= 4 is 19.7 Å². The van der Waals surface area contributed by atoms with Gasteiger partial charge < -0.3 is 0 Å². The van der Waals surface area contributed by atoms with E-state index in [1.54, 1.807) is 0 Å². The maximum absolute atomic E-state index is 11.2. The Morgan fingerprint density at radius 2 is 1.67 bits per heavy atom. The maximum atomic E-state index is 11.2. The standard InChI is InChI=1S/C8H15ClO2S/c1-6(2)7(3)8(4-5-8)12(9,10)11/h6-7H,4-5H2,1-3H3. The lowest BCUT2D eigenvalue weighted by Gasteiger charge is -2.23. The number of hydrogen-bond acceptors (Lipinski definition) is 2. The van der Waals surface area contributed by atoms with Crippen molar-refractivity contribution in [1.29, 1.82) is 0 Å². The fraction of sp³-hybridized carbons (Fsp3) is 1.00. The Labute approximate surface area is 78.7 Å². The van der Waals surface area contributed by atoms with Crippen LogP contribution in [0.25, 0.3) is 0 Å². The fourth-order valence-corrected chi connectivity index (χ4v) is 3.84. The average Bonchev–Trinajstić information content (AvgIpc) is 2.62. The highest BCUT2D eigenvalue weighted by molar-refractivity contribution is 8.15. The third-order valence-corrected chi connectivity index (χ3v) is 5.73. The van der Waals surface area contributed by atoms with Crippen LogP contribution in [-0.2, 0) is 9.05 Å². The van der Waals surface area contributed by atoms with Crippen molar-refractivity contribution in [2.45, 2.75) is 38.4 Å². The second-order valence-corrected chi connectivity index (χ2v) is 6.94. The molecule has 0 saturated heterocycles. The summed E-state index contributed by atoms with van der Waals surface area (Å²) in [6.45, 7) is 6.04. The summed E-state index contributed by atoms with van der Waals surface area (Å²) in [4.78, 5) is 0. The normalized spacial score (nSPS) is 24.1. The van der Waals surface area contributed by atoms with Crippen LogP contribution in [0.3, 0.4) is 0 Å². The van der Waals surface area contributed by atoms with E-state index in [4.69, 9.17) is 10.7 Å². The zero-order chi connectivity index (χ0) is 9.57. The van der Waals surface area contributed by atoms with Crippen LogP contribution < -0.4 is 0 Å². The van der Waals surface area contributed by atoms with Crippen molar-refractivity contribution in [3.8, 4) is 0 Å². The molecule has 1 atom stereocenters. The maximum Gasteiger partial charge on any atom is 0.238 e. The van der Waals surface area contributed by atoms with Gasteiger partial charge in [-0.3, -0.25) is 0 Å². The molecule has 0 bridgehead atoms. The highest BCUT2D eigenvalue weighted by Crippen LogP contribution is 2.53. The van der Waals surface area contributed by atoms with Crippen LogP contribution in [0.2, 0.25) is 0 Å². The summed E-state index contributed by atoms with van der Waals surface area (Å²) < 4.78 is 21.9. The van der Waals surface area contributed by atoms with Gasteiger partial charge in [-0.1, -0.05) is 20.8 Å². The van der Waals surface area contributed by atoms with E-state index in [0.717, 1.165) is 12.8 Å². The zero-order valence-electron chi connectivity index (χ0n) is 7.67. The molecule has 1 aliphatic rings. The second kappa shape index (κ2) is 2.88. The third-order valence-electron chi connectivity index (χ3n) is 3.06. The highest BCUT2D eigenvalue weighted by atomic mass is 35.7. The average molecular weight is 211 g/mol. The molecule has 0 N–H and O–H groups in total. The predicted molar refractivity (Wildman–Crippen MR) is 50.7 cm³/mol. The smallest absolute Gasteiger partial charge is 0.212 e. The molecule has 72 valence electrons. The van der Waals surface area contributed by atoms with E-state index in [1.165, 1.54) is 0 Å². The minimum Gasteiger partial charge on any atom is -0.212 e. The molecule has 1 rings (SSSR count). The fourth-order valence-electron chi connectivity index (χ4n) is 1.65. The molecule has 12 heavy (non-hydrogen) atoms. The molecule has 0 aromatic carbocycles. The van der Waals surface area contributed by atoms with Gasteiger partial charge in [0.2, 0.25) is 9.05 Å². The highest BCUT2D eigenvalue weighted by Gasteiger charge is 2.57. The molecule has 1 fully saturated rings. The molecule has 0 amide bonds. The van der Waals surface area contributed by atoms with Crippen molar-refractivity contribution in [1.82, 2.24) is 0 Å². The Morgan fingerprint density at radius 1 is 1.25 bits per heavy atom. The van der Waals surface area contributed by atoms with Crippen molar-refractivity contribution in [2.75, 3.05) is 0 Å². The summed E-state index contributed by atoms with van der Waals surface area (Å²) in [5, 5.41) is 0. The third kappa shape index (κ3) is 1.49. The largest absolute Gasteiger partial charge is 0.238 e. The summed E-state index contributed by atoms with van der Waals surface area (Å²) in [6, 6.07) is 0. The van der Waals surface area contributed by atoms with Gasteiger partial charge in [0.1, 0.15) is 0 Å². The van der Waals surface area contributed by atoms with Crippen LogP contribution in [0, 0.1) is 11.8 Å². The van der Waals surface area contributed by atoms with Crippen molar-refractivity contribution in [3.63, 3.8) is 0 Å². The SMILES string of the molecule is CC(C)C(C)C1(S(=O)(=O)Cl)CC1. The molecule has 2 nitrogen and oxygen atoms in total. The molecular weight excluding hydrogens is 196 g/mol. The molecule has 0 aliphatic heterocycles. The molecule has 1 unspecified atom stereocenters. The first kappa shape index (κ1) is 10.3. The Morgan fingerprint density at radius 3 is 1.75 bits per heavy atom. The number of rotatable bonds is 3. The Bertz CT molecular complexity index is 265. The Kier molecular flexibility index (Phi) is 2.47. The van der Waals surface area contributed by atoms with E-state index in [2.05, 4.69) is 0 Å². The number of halogens is 1. The van der Waals surface area contributed by atoms with Gasteiger partial charge in [-0.05, 0) is 24.7 Å². The zero-order valence-corrected chi connectivity index (χ0v) is 9.24. The molecule has 1 aliphatic carbocycles. The van der Waals surface area contributed by atoms with Gasteiger partial charge >= 0.3 is 0 Å². The molecule has 0 spiro atoms. The van der Waals surface area contributed by atoms with Crippen LogP contribution in [0.15, 0.2) is 0 Å². The van der Waals surface area contributed by atoms with Gasteiger partial charge in [0.15, 0.2) is 0 Å². The van der Waals surface area contributed by atoms with Gasteiger partial charge in [0.25, 0.3) is 0 Å². The molecule has 0 heterocycles.